The number of nitrogens with zero attached hydrogens (tertiary/aromatic N) is 1. The third kappa shape index (κ3) is 4.33. The molecule has 3 rings (SSSR count). The van der Waals surface area contributed by atoms with E-state index in [1.54, 1.807) is 4.90 Å². The lowest BCUT2D eigenvalue weighted by Gasteiger charge is -2.44. The van der Waals surface area contributed by atoms with E-state index in [1.165, 1.54) is 7.11 Å². The topological polar surface area (TPSA) is 65.1 Å². The molecular formula is C20H26INO5. The van der Waals surface area contributed by atoms with Crippen LogP contribution in [0.4, 0.5) is 4.79 Å². The van der Waals surface area contributed by atoms with Crippen molar-refractivity contribution in [2.24, 2.45) is 5.41 Å². The minimum Gasteiger partial charge on any atom is -0.493 e. The van der Waals surface area contributed by atoms with Gasteiger partial charge in [0, 0.05) is 27.6 Å². The van der Waals surface area contributed by atoms with Crippen molar-refractivity contribution in [3.05, 3.63) is 26.8 Å². The molecule has 6 nitrogen and oxygen atoms in total. The predicted molar refractivity (Wildman–Crippen MR) is 109 cm³/mol. The van der Waals surface area contributed by atoms with Gasteiger partial charge in [0.2, 0.25) is 0 Å². The van der Waals surface area contributed by atoms with Crippen LogP contribution in [-0.4, -0.2) is 49.4 Å². The number of halogens is 1. The van der Waals surface area contributed by atoms with Gasteiger partial charge in [-0.3, -0.25) is 0 Å². The second-order valence-electron chi connectivity index (χ2n) is 8.32. The summed E-state index contributed by atoms with van der Waals surface area (Å²) >= 11 is 2.16. The van der Waals surface area contributed by atoms with Gasteiger partial charge >= 0.3 is 12.1 Å². The monoisotopic (exact) mass is 487 g/mol. The Morgan fingerprint density at radius 1 is 1.22 bits per heavy atom. The average Bonchev–Trinajstić information content (AvgIpc) is 2.60. The van der Waals surface area contributed by atoms with Crippen LogP contribution in [0.5, 0.6) is 5.75 Å². The summed E-state index contributed by atoms with van der Waals surface area (Å²) in [4.78, 5) is 26.4. The van der Waals surface area contributed by atoms with Gasteiger partial charge in [0.25, 0.3) is 0 Å². The smallest absolute Gasteiger partial charge is 0.410 e. The molecule has 0 atom stereocenters. The average molecular weight is 487 g/mol. The van der Waals surface area contributed by atoms with Gasteiger partial charge in [0.05, 0.1) is 19.3 Å². The summed E-state index contributed by atoms with van der Waals surface area (Å²) in [5.74, 6) is 0.430. The Morgan fingerprint density at radius 2 is 1.89 bits per heavy atom. The molecule has 0 bridgehead atoms. The highest BCUT2D eigenvalue weighted by Crippen LogP contribution is 2.44. The molecule has 1 fully saturated rings. The number of benzene rings is 1. The first-order valence-electron chi connectivity index (χ1n) is 9.15. The molecule has 2 aliphatic rings. The van der Waals surface area contributed by atoms with Gasteiger partial charge in [-0.2, -0.15) is 0 Å². The number of piperidine rings is 1. The van der Waals surface area contributed by atoms with Crippen molar-refractivity contribution < 1.29 is 23.8 Å². The molecule has 27 heavy (non-hydrogen) atoms. The van der Waals surface area contributed by atoms with Gasteiger partial charge in [0.15, 0.2) is 0 Å². The van der Waals surface area contributed by atoms with Crippen molar-refractivity contribution in [1.82, 2.24) is 4.90 Å². The highest BCUT2D eigenvalue weighted by molar-refractivity contribution is 14.1. The lowest BCUT2D eigenvalue weighted by molar-refractivity contribution is -0.00110. The number of likely N-dealkylation sites (tertiary alicyclic amines) is 1. The SMILES string of the molecule is COC(=O)c1c(I)ccc2c1CC1(CCN(C(=O)OC(C)(C)C)CC1)CO2. The van der Waals surface area contributed by atoms with Crippen molar-refractivity contribution >= 4 is 34.7 Å². The number of fused-ring (bicyclic) bond motifs is 1. The number of esters is 1. The molecule has 2 aliphatic heterocycles. The van der Waals surface area contributed by atoms with Crippen LogP contribution in [0.2, 0.25) is 0 Å². The summed E-state index contributed by atoms with van der Waals surface area (Å²) in [5, 5.41) is 0. The number of carbonyl (C=O) groups is 2. The minimum absolute atomic E-state index is 0.0707. The number of carbonyl (C=O) groups excluding carboxylic acids is 2. The highest BCUT2D eigenvalue weighted by atomic mass is 127. The highest BCUT2D eigenvalue weighted by Gasteiger charge is 2.42. The molecule has 1 saturated heterocycles. The van der Waals surface area contributed by atoms with E-state index in [1.807, 2.05) is 32.9 Å². The van der Waals surface area contributed by atoms with E-state index in [4.69, 9.17) is 14.2 Å². The third-order valence-electron chi connectivity index (χ3n) is 5.17. The van der Waals surface area contributed by atoms with E-state index in [0.717, 1.165) is 34.1 Å². The van der Waals surface area contributed by atoms with E-state index in [2.05, 4.69) is 22.6 Å². The fraction of sp³-hybridized carbons (Fsp3) is 0.600. The van der Waals surface area contributed by atoms with E-state index in [0.29, 0.717) is 25.3 Å². The maximum atomic E-state index is 12.3. The number of amides is 1. The van der Waals surface area contributed by atoms with Gasteiger partial charge in [0.1, 0.15) is 11.4 Å². The molecular weight excluding hydrogens is 461 g/mol. The normalized spacial score (nSPS) is 18.5. The van der Waals surface area contributed by atoms with Crippen molar-refractivity contribution in [2.75, 3.05) is 26.8 Å². The molecule has 0 N–H and O–H groups in total. The van der Waals surface area contributed by atoms with Crippen LogP contribution in [0, 0.1) is 8.99 Å². The quantitative estimate of drug-likeness (QED) is 0.442. The molecule has 0 unspecified atom stereocenters. The second-order valence-corrected chi connectivity index (χ2v) is 9.49. The number of hydrogen-bond acceptors (Lipinski definition) is 5. The summed E-state index contributed by atoms with van der Waals surface area (Å²) < 4.78 is 17.4. The van der Waals surface area contributed by atoms with E-state index in [-0.39, 0.29) is 17.5 Å². The first kappa shape index (κ1) is 20.2. The van der Waals surface area contributed by atoms with Crippen LogP contribution >= 0.6 is 22.6 Å². The zero-order valence-corrected chi connectivity index (χ0v) is 18.4. The Bertz CT molecular complexity index is 747. The molecule has 0 saturated carbocycles. The summed E-state index contributed by atoms with van der Waals surface area (Å²) in [6, 6.07) is 3.81. The fourth-order valence-electron chi connectivity index (χ4n) is 3.70. The summed E-state index contributed by atoms with van der Waals surface area (Å²) in [6.07, 6.45) is 2.13. The van der Waals surface area contributed by atoms with E-state index >= 15 is 0 Å². The summed E-state index contributed by atoms with van der Waals surface area (Å²) in [5.41, 5.74) is 0.958. The Hall–Kier alpha value is -1.51. The molecule has 7 heteroatoms. The van der Waals surface area contributed by atoms with Gasteiger partial charge < -0.3 is 19.1 Å². The molecule has 148 valence electrons. The Kier molecular flexibility index (Phi) is 5.61. The number of hydrogen-bond donors (Lipinski definition) is 0. The van der Waals surface area contributed by atoms with Gasteiger partial charge in [-0.1, -0.05) is 0 Å². The zero-order valence-electron chi connectivity index (χ0n) is 16.3. The molecule has 1 spiro atoms. The Balaban J connectivity index is 1.76. The molecule has 0 aliphatic carbocycles. The van der Waals surface area contributed by atoms with Crippen LogP contribution in [0.1, 0.15) is 49.5 Å². The molecule has 1 aromatic rings. The largest absolute Gasteiger partial charge is 0.493 e. The van der Waals surface area contributed by atoms with Crippen LogP contribution in [0.3, 0.4) is 0 Å². The predicted octanol–water partition coefficient (Wildman–Crippen LogP) is 4.03. The van der Waals surface area contributed by atoms with Crippen molar-refractivity contribution in [3.8, 4) is 5.75 Å². The number of ether oxygens (including phenoxy) is 3. The van der Waals surface area contributed by atoms with Crippen molar-refractivity contribution in [1.29, 1.82) is 0 Å². The fourth-order valence-corrected chi connectivity index (χ4v) is 4.43. The molecule has 1 aromatic carbocycles. The van der Waals surface area contributed by atoms with Crippen LogP contribution in [0.25, 0.3) is 0 Å². The lowest BCUT2D eigenvalue weighted by Crippen LogP contribution is -2.49. The summed E-state index contributed by atoms with van der Waals surface area (Å²) in [6.45, 7) is 7.48. The Morgan fingerprint density at radius 3 is 2.48 bits per heavy atom. The lowest BCUT2D eigenvalue weighted by atomic mass is 9.72. The molecule has 0 radical (unpaired) electrons. The van der Waals surface area contributed by atoms with Crippen LogP contribution in [0.15, 0.2) is 12.1 Å². The molecule has 1 amide bonds. The van der Waals surface area contributed by atoms with Crippen LogP contribution in [-0.2, 0) is 15.9 Å². The first-order valence-corrected chi connectivity index (χ1v) is 10.2. The minimum atomic E-state index is -0.495. The van der Waals surface area contributed by atoms with Gasteiger partial charge in [-0.25, -0.2) is 9.59 Å². The third-order valence-corrected chi connectivity index (χ3v) is 6.07. The van der Waals surface area contributed by atoms with Gasteiger partial charge in [-0.15, -0.1) is 0 Å². The maximum Gasteiger partial charge on any atom is 0.410 e. The molecule has 2 heterocycles. The number of methoxy groups -OCH3 is 1. The van der Waals surface area contributed by atoms with Gasteiger partial charge in [-0.05, 0) is 74.8 Å². The number of rotatable bonds is 1. The first-order chi connectivity index (χ1) is 12.6. The Labute approximate surface area is 173 Å². The van der Waals surface area contributed by atoms with E-state index < -0.39 is 5.60 Å². The van der Waals surface area contributed by atoms with Crippen LogP contribution < -0.4 is 4.74 Å². The zero-order chi connectivity index (χ0) is 19.8. The van der Waals surface area contributed by atoms with Crippen molar-refractivity contribution in [3.63, 3.8) is 0 Å². The maximum absolute atomic E-state index is 12.3. The standard InChI is InChI=1S/C20H26INO5/c1-19(2,3)27-18(24)22-9-7-20(8-10-22)11-13-15(26-12-20)6-5-14(21)16(13)17(23)25-4/h5-6H,7-12H2,1-4H3. The second kappa shape index (κ2) is 7.48. The molecule has 0 aromatic heterocycles. The van der Waals surface area contributed by atoms with E-state index in [9.17, 15) is 9.59 Å². The van der Waals surface area contributed by atoms with Crippen molar-refractivity contribution in [2.45, 2.75) is 45.6 Å². The summed E-state index contributed by atoms with van der Waals surface area (Å²) in [7, 11) is 1.40.